The predicted molar refractivity (Wildman–Crippen MR) is 87.4 cm³/mol. The van der Waals surface area contributed by atoms with Crippen LogP contribution in [0, 0.1) is 6.92 Å². The van der Waals surface area contributed by atoms with Crippen LogP contribution < -0.4 is 5.32 Å². The molecule has 2 aromatic carbocycles. The van der Waals surface area contributed by atoms with E-state index in [2.05, 4.69) is 47.2 Å². The average Bonchev–Trinajstić information content (AvgIpc) is 2.37. The van der Waals surface area contributed by atoms with E-state index in [-0.39, 0.29) is 6.04 Å². The van der Waals surface area contributed by atoms with E-state index >= 15 is 0 Å². The van der Waals surface area contributed by atoms with Gasteiger partial charge in [0.15, 0.2) is 0 Å². The molecule has 4 heteroatoms. The molecule has 1 N–H and O–H groups in total. The Morgan fingerprint density at radius 3 is 2.63 bits per heavy atom. The molecular formula is C15H14BrCl2N. The van der Waals surface area contributed by atoms with E-state index in [1.807, 2.05) is 18.2 Å². The third-order valence-corrected chi connectivity index (χ3v) is 4.47. The number of anilines is 1. The molecule has 2 aromatic rings. The van der Waals surface area contributed by atoms with Crippen molar-refractivity contribution < 1.29 is 0 Å². The second-order valence-electron chi connectivity index (χ2n) is 4.49. The number of hydrogen-bond donors (Lipinski definition) is 1. The highest BCUT2D eigenvalue weighted by Crippen LogP contribution is 2.33. The zero-order chi connectivity index (χ0) is 14.0. The summed E-state index contributed by atoms with van der Waals surface area (Å²) in [6, 6.07) is 11.9. The molecule has 1 unspecified atom stereocenters. The van der Waals surface area contributed by atoms with Crippen LogP contribution in [0.5, 0.6) is 0 Å². The maximum Gasteiger partial charge on any atom is 0.0644 e. The number of aryl methyl sites for hydroxylation is 1. The fraction of sp³-hybridized carbons (Fsp3) is 0.200. The first-order valence-electron chi connectivity index (χ1n) is 5.95. The lowest BCUT2D eigenvalue weighted by Gasteiger charge is -2.19. The van der Waals surface area contributed by atoms with Gasteiger partial charge in [0.25, 0.3) is 0 Å². The van der Waals surface area contributed by atoms with Crippen molar-refractivity contribution in [3.63, 3.8) is 0 Å². The molecule has 19 heavy (non-hydrogen) atoms. The smallest absolute Gasteiger partial charge is 0.0644 e. The van der Waals surface area contributed by atoms with E-state index < -0.39 is 0 Å². The molecule has 0 aliphatic carbocycles. The van der Waals surface area contributed by atoms with Gasteiger partial charge < -0.3 is 5.32 Å². The lowest BCUT2D eigenvalue weighted by Crippen LogP contribution is -2.08. The Hall–Kier alpha value is -0.700. The fourth-order valence-corrected chi connectivity index (χ4v) is 2.75. The van der Waals surface area contributed by atoms with Gasteiger partial charge in [-0.3, -0.25) is 0 Å². The summed E-state index contributed by atoms with van der Waals surface area (Å²) in [5.74, 6) is 0. The summed E-state index contributed by atoms with van der Waals surface area (Å²) in [5, 5.41) is 4.63. The summed E-state index contributed by atoms with van der Waals surface area (Å²) in [7, 11) is 0. The first-order chi connectivity index (χ1) is 8.99. The topological polar surface area (TPSA) is 12.0 Å². The molecule has 0 heterocycles. The summed E-state index contributed by atoms with van der Waals surface area (Å²) in [6.45, 7) is 4.13. The molecule has 0 amide bonds. The van der Waals surface area contributed by atoms with Gasteiger partial charge >= 0.3 is 0 Å². The lowest BCUT2D eigenvalue weighted by molar-refractivity contribution is 0.883. The van der Waals surface area contributed by atoms with Crippen LogP contribution in [0.3, 0.4) is 0 Å². The zero-order valence-corrected chi connectivity index (χ0v) is 13.8. The average molecular weight is 359 g/mol. The molecule has 1 atom stereocenters. The highest BCUT2D eigenvalue weighted by molar-refractivity contribution is 9.10. The highest BCUT2D eigenvalue weighted by atomic mass is 79.9. The van der Waals surface area contributed by atoms with Crippen LogP contribution in [0.25, 0.3) is 0 Å². The summed E-state index contributed by atoms with van der Waals surface area (Å²) >= 11 is 15.8. The van der Waals surface area contributed by atoms with E-state index in [4.69, 9.17) is 23.2 Å². The van der Waals surface area contributed by atoms with E-state index in [0.717, 1.165) is 15.7 Å². The number of hydrogen-bond acceptors (Lipinski definition) is 1. The molecule has 0 bridgehead atoms. The maximum absolute atomic E-state index is 6.24. The number of rotatable bonds is 3. The van der Waals surface area contributed by atoms with Gasteiger partial charge in [0.2, 0.25) is 0 Å². The molecule has 0 spiro atoms. The minimum Gasteiger partial charge on any atom is -0.378 e. The number of benzene rings is 2. The summed E-state index contributed by atoms with van der Waals surface area (Å²) < 4.78 is 1.03. The second-order valence-corrected chi connectivity index (χ2v) is 6.13. The van der Waals surface area contributed by atoms with Gasteiger partial charge in [0.1, 0.15) is 0 Å². The third-order valence-electron chi connectivity index (χ3n) is 2.94. The molecule has 0 fully saturated rings. The molecular weight excluding hydrogens is 345 g/mol. The third kappa shape index (κ3) is 3.44. The summed E-state index contributed by atoms with van der Waals surface area (Å²) in [6.07, 6.45) is 0. The predicted octanol–water partition coefficient (Wildman–Crippen LogP) is 6.24. The van der Waals surface area contributed by atoms with Crippen LogP contribution in [-0.4, -0.2) is 0 Å². The van der Waals surface area contributed by atoms with Crippen LogP contribution in [0.4, 0.5) is 5.69 Å². The lowest BCUT2D eigenvalue weighted by atomic mass is 10.1. The Morgan fingerprint density at radius 1 is 1.16 bits per heavy atom. The van der Waals surface area contributed by atoms with Gasteiger partial charge in [0, 0.05) is 10.2 Å². The van der Waals surface area contributed by atoms with E-state index in [1.54, 1.807) is 6.07 Å². The molecule has 2 rings (SSSR count). The Kier molecular flexibility index (Phi) is 4.77. The molecule has 0 saturated heterocycles. The van der Waals surface area contributed by atoms with Crippen molar-refractivity contribution in [3.8, 4) is 0 Å². The Balaban J connectivity index is 2.28. The van der Waals surface area contributed by atoms with Gasteiger partial charge in [-0.2, -0.15) is 0 Å². The van der Waals surface area contributed by atoms with Gasteiger partial charge in [0.05, 0.1) is 16.1 Å². The second kappa shape index (κ2) is 6.17. The van der Waals surface area contributed by atoms with E-state index in [0.29, 0.717) is 10.0 Å². The first-order valence-corrected chi connectivity index (χ1v) is 7.50. The largest absolute Gasteiger partial charge is 0.378 e. The van der Waals surface area contributed by atoms with Crippen LogP contribution in [0.15, 0.2) is 40.9 Å². The maximum atomic E-state index is 6.24. The molecule has 0 saturated carbocycles. The molecule has 100 valence electrons. The van der Waals surface area contributed by atoms with Crippen molar-refractivity contribution in [3.05, 3.63) is 62.0 Å². The van der Waals surface area contributed by atoms with Crippen molar-refractivity contribution >= 4 is 44.8 Å². The van der Waals surface area contributed by atoms with Crippen LogP contribution >= 0.6 is 39.1 Å². The monoisotopic (exact) mass is 357 g/mol. The van der Waals surface area contributed by atoms with Crippen molar-refractivity contribution in [1.29, 1.82) is 0 Å². The molecule has 1 nitrogen and oxygen atoms in total. The van der Waals surface area contributed by atoms with Crippen LogP contribution in [-0.2, 0) is 0 Å². The zero-order valence-electron chi connectivity index (χ0n) is 10.7. The van der Waals surface area contributed by atoms with Crippen molar-refractivity contribution in [2.24, 2.45) is 0 Å². The fourth-order valence-electron chi connectivity index (χ4n) is 1.92. The van der Waals surface area contributed by atoms with Crippen LogP contribution in [0.1, 0.15) is 24.1 Å². The van der Waals surface area contributed by atoms with Gasteiger partial charge in [-0.1, -0.05) is 41.4 Å². The molecule has 0 aliphatic rings. The van der Waals surface area contributed by atoms with Crippen molar-refractivity contribution in [2.75, 3.05) is 5.32 Å². The molecule has 0 radical (unpaired) electrons. The summed E-state index contributed by atoms with van der Waals surface area (Å²) in [5.41, 5.74) is 3.24. The number of nitrogens with one attached hydrogen (secondary N) is 1. The van der Waals surface area contributed by atoms with Gasteiger partial charge in [-0.15, -0.1) is 0 Å². The Bertz CT molecular complexity index is 599. The normalized spacial score (nSPS) is 12.3. The van der Waals surface area contributed by atoms with E-state index in [9.17, 15) is 0 Å². The minimum absolute atomic E-state index is 0.0734. The quantitative estimate of drug-likeness (QED) is 0.684. The standard InChI is InChI=1S/C15H14BrCl2N/c1-9-6-7-12(16)14(8-9)19-10(2)11-4-3-5-13(17)15(11)18/h3-8,10,19H,1-2H3. The summed E-state index contributed by atoms with van der Waals surface area (Å²) in [4.78, 5) is 0. The Labute approximate surface area is 132 Å². The highest BCUT2D eigenvalue weighted by Gasteiger charge is 2.12. The first kappa shape index (κ1) is 14.7. The minimum atomic E-state index is 0.0734. The van der Waals surface area contributed by atoms with Gasteiger partial charge in [-0.05, 0) is 59.1 Å². The van der Waals surface area contributed by atoms with Crippen LogP contribution in [0.2, 0.25) is 10.0 Å². The Morgan fingerprint density at radius 2 is 1.89 bits per heavy atom. The number of halogens is 3. The molecule has 0 aromatic heterocycles. The molecule has 0 aliphatic heterocycles. The van der Waals surface area contributed by atoms with Crippen molar-refractivity contribution in [1.82, 2.24) is 0 Å². The SMILES string of the molecule is Cc1ccc(Br)c(NC(C)c2cccc(Cl)c2Cl)c1. The van der Waals surface area contributed by atoms with Crippen molar-refractivity contribution in [2.45, 2.75) is 19.9 Å². The van der Waals surface area contributed by atoms with E-state index in [1.165, 1.54) is 5.56 Å². The van der Waals surface area contributed by atoms with Gasteiger partial charge in [-0.25, -0.2) is 0 Å².